The summed E-state index contributed by atoms with van der Waals surface area (Å²) >= 11 is 0. The number of urea groups is 1. The van der Waals surface area contributed by atoms with E-state index in [9.17, 15) is 9.59 Å². The van der Waals surface area contributed by atoms with Gasteiger partial charge in [0, 0.05) is 37.9 Å². The molecule has 116 valence electrons. The number of aromatic nitrogens is 1. The Bertz CT molecular complexity index is 498. The molecule has 3 amide bonds. The third-order valence-corrected chi connectivity index (χ3v) is 4.03. The molecule has 0 spiro atoms. The minimum absolute atomic E-state index is 0.151. The van der Waals surface area contributed by atoms with Crippen LogP contribution in [0, 0.1) is 0 Å². The number of nitrogens with zero attached hydrogens (tertiary/aromatic N) is 2. The summed E-state index contributed by atoms with van der Waals surface area (Å²) in [6.45, 7) is 4.32. The third-order valence-electron chi connectivity index (χ3n) is 4.03. The largest absolute Gasteiger partial charge is 0.352 e. The summed E-state index contributed by atoms with van der Waals surface area (Å²) in [5, 5.41) is 2.55. The van der Waals surface area contributed by atoms with E-state index in [4.69, 9.17) is 5.73 Å². The van der Waals surface area contributed by atoms with Crippen LogP contribution in [0.1, 0.15) is 44.3 Å². The van der Waals surface area contributed by atoms with Crippen LogP contribution in [0.4, 0.5) is 4.79 Å². The van der Waals surface area contributed by atoms with Gasteiger partial charge in [0.2, 0.25) is 5.91 Å². The second-order valence-corrected chi connectivity index (χ2v) is 5.49. The molecule has 1 aliphatic heterocycles. The zero-order valence-corrected chi connectivity index (χ0v) is 12.5. The van der Waals surface area contributed by atoms with Gasteiger partial charge in [-0.15, -0.1) is 0 Å². The number of primary amides is 1. The van der Waals surface area contributed by atoms with Crippen molar-refractivity contribution < 1.29 is 9.59 Å². The monoisotopic (exact) mass is 292 g/mol. The Morgan fingerprint density at radius 2 is 2.14 bits per heavy atom. The first kappa shape index (κ1) is 15.4. The highest BCUT2D eigenvalue weighted by molar-refractivity contribution is 5.76. The van der Waals surface area contributed by atoms with E-state index in [1.165, 1.54) is 5.69 Å². The summed E-state index contributed by atoms with van der Waals surface area (Å²) in [4.78, 5) is 24.8. The average Bonchev–Trinajstić information content (AvgIpc) is 2.92. The molecule has 0 fully saturated rings. The van der Waals surface area contributed by atoms with Crippen LogP contribution in [0.25, 0.3) is 0 Å². The normalized spacial score (nSPS) is 17.4. The van der Waals surface area contributed by atoms with Crippen LogP contribution in [0.15, 0.2) is 18.3 Å². The van der Waals surface area contributed by atoms with Gasteiger partial charge in [0.25, 0.3) is 0 Å². The maximum absolute atomic E-state index is 12.3. The number of nitrogens with one attached hydrogen (secondary N) is 1. The van der Waals surface area contributed by atoms with Gasteiger partial charge >= 0.3 is 6.03 Å². The molecule has 1 aromatic heterocycles. The summed E-state index contributed by atoms with van der Waals surface area (Å²) in [5.74, 6) is 0.220. The van der Waals surface area contributed by atoms with E-state index in [1.807, 2.05) is 11.0 Å². The average molecular weight is 292 g/mol. The highest BCUT2D eigenvalue weighted by atomic mass is 16.2. The molecular weight excluding hydrogens is 268 g/mol. The number of hydrogen-bond donors (Lipinski definition) is 2. The lowest BCUT2D eigenvalue weighted by molar-refractivity contribution is -0.134. The molecule has 1 atom stereocenters. The van der Waals surface area contributed by atoms with Crippen molar-refractivity contribution in [1.29, 1.82) is 0 Å². The topological polar surface area (TPSA) is 80.4 Å². The Kier molecular flexibility index (Phi) is 5.25. The molecule has 1 unspecified atom stereocenters. The van der Waals surface area contributed by atoms with Crippen molar-refractivity contribution in [3.8, 4) is 0 Å². The van der Waals surface area contributed by atoms with E-state index >= 15 is 0 Å². The number of fused-ring (bicyclic) bond motifs is 1. The molecule has 2 heterocycles. The first-order chi connectivity index (χ1) is 10.1. The van der Waals surface area contributed by atoms with Crippen molar-refractivity contribution in [3.63, 3.8) is 0 Å². The lowest BCUT2D eigenvalue weighted by Crippen LogP contribution is -2.40. The lowest BCUT2D eigenvalue weighted by atomic mass is 10.1. The zero-order valence-electron chi connectivity index (χ0n) is 12.5. The van der Waals surface area contributed by atoms with E-state index < -0.39 is 6.03 Å². The Morgan fingerprint density at radius 1 is 1.33 bits per heavy atom. The van der Waals surface area contributed by atoms with Crippen LogP contribution < -0.4 is 11.1 Å². The van der Waals surface area contributed by atoms with Crippen LogP contribution in [-0.2, 0) is 11.3 Å². The summed E-state index contributed by atoms with van der Waals surface area (Å²) in [6.07, 6.45) is 5.27. The molecule has 6 heteroatoms. The molecule has 6 nitrogen and oxygen atoms in total. The van der Waals surface area contributed by atoms with Gasteiger partial charge in [0.1, 0.15) is 0 Å². The summed E-state index contributed by atoms with van der Waals surface area (Å²) in [7, 11) is 0. The molecule has 0 saturated carbocycles. The van der Waals surface area contributed by atoms with Crippen LogP contribution in [0.2, 0.25) is 0 Å². The van der Waals surface area contributed by atoms with Gasteiger partial charge in [-0.3, -0.25) is 4.79 Å². The summed E-state index contributed by atoms with van der Waals surface area (Å²) < 4.78 is 2.21. The molecule has 1 aliphatic rings. The fourth-order valence-electron chi connectivity index (χ4n) is 2.85. The molecule has 3 N–H and O–H groups in total. The Balaban J connectivity index is 1.71. The van der Waals surface area contributed by atoms with E-state index in [0.29, 0.717) is 13.0 Å². The number of amides is 3. The van der Waals surface area contributed by atoms with E-state index in [-0.39, 0.29) is 11.9 Å². The van der Waals surface area contributed by atoms with Gasteiger partial charge in [-0.25, -0.2) is 4.79 Å². The predicted octanol–water partition coefficient (Wildman–Crippen LogP) is 1.62. The highest BCUT2D eigenvalue weighted by Gasteiger charge is 2.26. The molecular formula is C15H24N4O2. The van der Waals surface area contributed by atoms with Crippen LogP contribution >= 0.6 is 0 Å². The van der Waals surface area contributed by atoms with Gasteiger partial charge in [-0.05, 0) is 31.9 Å². The Labute approximate surface area is 125 Å². The SMILES string of the molecule is CC1c2cccn2CCN1C(=O)CCCCCNC(N)=O. The number of nitrogens with two attached hydrogens (primary N) is 1. The first-order valence-corrected chi connectivity index (χ1v) is 7.57. The minimum atomic E-state index is -0.490. The molecule has 0 saturated heterocycles. The number of carbonyl (C=O) groups excluding carboxylic acids is 2. The summed E-state index contributed by atoms with van der Waals surface area (Å²) in [5.41, 5.74) is 6.19. The number of rotatable bonds is 6. The van der Waals surface area contributed by atoms with E-state index in [0.717, 1.165) is 32.4 Å². The predicted molar refractivity (Wildman–Crippen MR) is 80.6 cm³/mol. The van der Waals surface area contributed by atoms with Gasteiger partial charge in [-0.1, -0.05) is 6.42 Å². The Hall–Kier alpha value is -1.98. The smallest absolute Gasteiger partial charge is 0.312 e. The van der Waals surface area contributed by atoms with Gasteiger partial charge in [-0.2, -0.15) is 0 Å². The number of hydrogen-bond acceptors (Lipinski definition) is 2. The van der Waals surface area contributed by atoms with Gasteiger partial charge < -0.3 is 20.5 Å². The second-order valence-electron chi connectivity index (χ2n) is 5.49. The third kappa shape index (κ3) is 4.00. The maximum Gasteiger partial charge on any atom is 0.312 e. The van der Waals surface area contributed by atoms with Crippen molar-refractivity contribution in [2.75, 3.05) is 13.1 Å². The number of unbranched alkanes of at least 4 members (excludes halogenated alkanes) is 2. The van der Waals surface area contributed by atoms with Crippen molar-refractivity contribution in [2.24, 2.45) is 5.73 Å². The highest BCUT2D eigenvalue weighted by Crippen LogP contribution is 2.26. The first-order valence-electron chi connectivity index (χ1n) is 7.57. The van der Waals surface area contributed by atoms with Crippen LogP contribution in [-0.4, -0.2) is 34.5 Å². The maximum atomic E-state index is 12.3. The van der Waals surface area contributed by atoms with Crippen LogP contribution in [0.3, 0.4) is 0 Å². The minimum Gasteiger partial charge on any atom is -0.352 e. The van der Waals surface area contributed by atoms with E-state index in [1.54, 1.807) is 0 Å². The molecule has 0 radical (unpaired) electrons. The second kappa shape index (κ2) is 7.15. The van der Waals surface area contributed by atoms with Crippen molar-refractivity contribution in [2.45, 2.75) is 45.2 Å². The molecule has 0 bridgehead atoms. The zero-order chi connectivity index (χ0) is 15.2. The fourth-order valence-corrected chi connectivity index (χ4v) is 2.85. The summed E-state index contributed by atoms with van der Waals surface area (Å²) in [6, 6.07) is 3.78. The van der Waals surface area contributed by atoms with Crippen LogP contribution in [0.5, 0.6) is 0 Å². The van der Waals surface area contributed by atoms with Gasteiger partial charge in [0.15, 0.2) is 0 Å². The molecule has 0 aliphatic carbocycles. The standard InChI is InChI=1S/C15H24N4O2/c1-12-13-6-5-9-18(13)10-11-19(12)14(20)7-3-2-4-8-17-15(16)21/h5-6,9,12H,2-4,7-8,10-11H2,1H3,(H3,16,17,21). The molecule has 0 aromatic carbocycles. The van der Waals surface area contributed by atoms with Gasteiger partial charge in [0.05, 0.1) is 6.04 Å². The number of carbonyl (C=O) groups is 2. The molecule has 2 rings (SSSR count). The Morgan fingerprint density at radius 3 is 2.90 bits per heavy atom. The fraction of sp³-hybridized carbons (Fsp3) is 0.600. The quantitative estimate of drug-likeness (QED) is 0.781. The van der Waals surface area contributed by atoms with E-state index in [2.05, 4.69) is 29.1 Å². The van der Waals surface area contributed by atoms with Crippen molar-refractivity contribution in [1.82, 2.24) is 14.8 Å². The molecule has 1 aromatic rings. The van der Waals surface area contributed by atoms with Crippen molar-refractivity contribution >= 4 is 11.9 Å². The molecule has 21 heavy (non-hydrogen) atoms. The lowest BCUT2D eigenvalue weighted by Gasteiger charge is -2.35. The van der Waals surface area contributed by atoms with Crippen molar-refractivity contribution in [3.05, 3.63) is 24.0 Å².